The van der Waals surface area contributed by atoms with Gasteiger partial charge in [-0.1, -0.05) is 12.1 Å². The summed E-state index contributed by atoms with van der Waals surface area (Å²) < 4.78 is 13.9. The molecule has 1 aromatic heterocycles. The molecule has 0 amide bonds. The number of aromatic amines is 1. The number of H-pyrrole nitrogens is 1. The molecule has 3 rings (SSSR count). The molecule has 1 atom stereocenters. The van der Waals surface area contributed by atoms with Gasteiger partial charge in [-0.15, -0.1) is 0 Å². The molecule has 1 unspecified atom stereocenters. The second-order valence-corrected chi connectivity index (χ2v) is 5.38. The quantitative estimate of drug-likeness (QED) is 0.884. The third-order valence-electron chi connectivity index (χ3n) is 3.88. The highest BCUT2D eigenvalue weighted by Gasteiger charge is 2.22. The molecule has 0 bridgehead atoms. The largest absolute Gasteiger partial charge is 0.353 e. The SMILES string of the molecule is Cc1c(N2CCCC(N)C2)n[nH]c1-c1ccccc1F. The van der Waals surface area contributed by atoms with Crippen LogP contribution in [0.15, 0.2) is 24.3 Å². The minimum atomic E-state index is -0.235. The monoisotopic (exact) mass is 274 g/mol. The van der Waals surface area contributed by atoms with E-state index < -0.39 is 0 Å². The highest BCUT2D eigenvalue weighted by atomic mass is 19.1. The van der Waals surface area contributed by atoms with Gasteiger partial charge in [-0.3, -0.25) is 5.10 Å². The number of nitrogens with two attached hydrogens (primary N) is 1. The van der Waals surface area contributed by atoms with Crippen LogP contribution in [0.1, 0.15) is 18.4 Å². The summed E-state index contributed by atoms with van der Waals surface area (Å²) in [5.41, 5.74) is 8.30. The third kappa shape index (κ3) is 2.29. The van der Waals surface area contributed by atoms with Crippen molar-refractivity contribution in [1.82, 2.24) is 10.2 Å². The standard InChI is InChI=1S/C15H19FN4/c1-10-14(12-6-2-3-7-13(12)16)18-19-15(10)20-8-4-5-11(17)9-20/h2-3,6-7,11H,4-5,8-9,17H2,1H3,(H,18,19). The van der Waals surface area contributed by atoms with Crippen LogP contribution < -0.4 is 10.6 Å². The lowest BCUT2D eigenvalue weighted by Crippen LogP contribution is -2.43. The van der Waals surface area contributed by atoms with Crippen LogP contribution in [0.2, 0.25) is 0 Å². The first kappa shape index (κ1) is 13.1. The number of anilines is 1. The zero-order chi connectivity index (χ0) is 14.1. The number of hydrogen-bond donors (Lipinski definition) is 2. The number of nitrogens with zero attached hydrogens (tertiary/aromatic N) is 2. The summed E-state index contributed by atoms with van der Waals surface area (Å²) >= 11 is 0. The number of aromatic nitrogens is 2. The fourth-order valence-corrected chi connectivity index (χ4v) is 2.82. The van der Waals surface area contributed by atoms with Gasteiger partial charge in [0.2, 0.25) is 0 Å². The van der Waals surface area contributed by atoms with Crippen molar-refractivity contribution in [3.8, 4) is 11.3 Å². The molecule has 2 aromatic rings. The van der Waals surface area contributed by atoms with Crippen molar-refractivity contribution >= 4 is 5.82 Å². The molecular weight excluding hydrogens is 255 g/mol. The van der Waals surface area contributed by atoms with E-state index in [0.717, 1.165) is 43.0 Å². The Balaban J connectivity index is 1.95. The van der Waals surface area contributed by atoms with Gasteiger partial charge in [0.1, 0.15) is 5.82 Å². The molecule has 0 aliphatic carbocycles. The second-order valence-electron chi connectivity index (χ2n) is 5.38. The second kappa shape index (κ2) is 5.25. The number of hydrogen-bond acceptors (Lipinski definition) is 3. The molecule has 0 radical (unpaired) electrons. The summed E-state index contributed by atoms with van der Waals surface area (Å²) in [6.45, 7) is 3.74. The highest BCUT2D eigenvalue weighted by Crippen LogP contribution is 2.30. The van der Waals surface area contributed by atoms with Crippen molar-refractivity contribution in [2.24, 2.45) is 5.73 Å². The van der Waals surface area contributed by atoms with E-state index in [0.29, 0.717) is 5.56 Å². The molecule has 2 heterocycles. The molecule has 0 spiro atoms. The van der Waals surface area contributed by atoms with Crippen molar-refractivity contribution in [2.45, 2.75) is 25.8 Å². The van der Waals surface area contributed by atoms with Gasteiger partial charge in [0.15, 0.2) is 5.82 Å². The lowest BCUT2D eigenvalue weighted by molar-refractivity contribution is 0.502. The van der Waals surface area contributed by atoms with Crippen molar-refractivity contribution < 1.29 is 4.39 Å². The molecule has 20 heavy (non-hydrogen) atoms. The van der Waals surface area contributed by atoms with Crippen molar-refractivity contribution in [3.63, 3.8) is 0 Å². The first-order chi connectivity index (χ1) is 9.66. The van der Waals surface area contributed by atoms with Gasteiger partial charge in [-0.25, -0.2) is 4.39 Å². The Labute approximate surface area is 117 Å². The smallest absolute Gasteiger partial charge is 0.153 e. The van der Waals surface area contributed by atoms with Crippen LogP contribution in [0.25, 0.3) is 11.3 Å². The van der Waals surface area contributed by atoms with E-state index in [2.05, 4.69) is 15.1 Å². The van der Waals surface area contributed by atoms with E-state index in [1.165, 1.54) is 6.07 Å². The topological polar surface area (TPSA) is 57.9 Å². The fourth-order valence-electron chi connectivity index (χ4n) is 2.82. The van der Waals surface area contributed by atoms with Crippen molar-refractivity contribution in [2.75, 3.05) is 18.0 Å². The molecule has 0 saturated carbocycles. The Morgan fingerprint density at radius 2 is 2.20 bits per heavy atom. The number of nitrogens with one attached hydrogen (secondary N) is 1. The van der Waals surface area contributed by atoms with Crippen LogP contribution in [0, 0.1) is 12.7 Å². The van der Waals surface area contributed by atoms with Gasteiger partial charge in [-0.05, 0) is 31.9 Å². The summed E-state index contributed by atoms with van der Waals surface area (Å²) in [5, 5.41) is 7.34. The summed E-state index contributed by atoms with van der Waals surface area (Å²) in [6.07, 6.45) is 2.13. The first-order valence-corrected chi connectivity index (χ1v) is 6.97. The minimum absolute atomic E-state index is 0.191. The maximum absolute atomic E-state index is 13.9. The average Bonchev–Trinajstić information content (AvgIpc) is 2.81. The normalized spacial score (nSPS) is 19.4. The molecule has 1 fully saturated rings. The zero-order valence-electron chi connectivity index (χ0n) is 11.6. The summed E-state index contributed by atoms with van der Waals surface area (Å²) in [7, 11) is 0. The van der Waals surface area contributed by atoms with Gasteiger partial charge in [-0.2, -0.15) is 5.10 Å². The molecule has 106 valence electrons. The van der Waals surface area contributed by atoms with Crippen LogP contribution in [0.3, 0.4) is 0 Å². The third-order valence-corrected chi connectivity index (χ3v) is 3.88. The molecule has 5 heteroatoms. The van der Waals surface area contributed by atoms with E-state index >= 15 is 0 Å². The van der Waals surface area contributed by atoms with Crippen LogP contribution in [0.4, 0.5) is 10.2 Å². The maximum atomic E-state index is 13.9. The van der Waals surface area contributed by atoms with E-state index in [-0.39, 0.29) is 11.9 Å². The maximum Gasteiger partial charge on any atom is 0.153 e. The molecule has 1 aliphatic heterocycles. The number of benzene rings is 1. The Kier molecular flexibility index (Phi) is 3.44. The molecule has 3 N–H and O–H groups in total. The molecule has 1 saturated heterocycles. The first-order valence-electron chi connectivity index (χ1n) is 6.97. The number of piperidine rings is 1. The fraction of sp³-hybridized carbons (Fsp3) is 0.400. The predicted octanol–water partition coefficient (Wildman–Crippen LogP) is 2.45. The Morgan fingerprint density at radius 3 is 2.95 bits per heavy atom. The highest BCUT2D eigenvalue weighted by molar-refractivity contribution is 5.69. The number of rotatable bonds is 2. The van der Waals surface area contributed by atoms with Gasteiger partial charge >= 0.3 is 0 Å². The van der Waals surface area contributed by atoms with E-state index in [9.17, 15) is 4.39 Å². The summed E-state index contributed by atoms with van der Waals surface area (Å²) in [4.78, 5) is 2.18. The Hall–Kier alpha value is -1.88. The lowest BCUT2D eigenvalue weighted by atomic mass is 10.0. The molecular formula is C15H19FN4. The molecule has 1 aliphatic rings. The van der Waals surface area contributed by atoms with Crippen LogP contribution >= 0.6 is 0 Å². The van der Waals surface area contributed by atoms with Crippen LogP contribution in [-0.2, 0) is 0 Å². The zero-order valence-corrected chi connectivity index (χ0v) is 11.6. The summed E-state index contributed by atoms with van der Waals surface area (Å²) in [5.74, 6) is 0.652. The summed E-state index contributed by atoms with van der Waals surface area (Å²) in [6, 6.07) is 6.94. The van der Waals surface area contributed by atoms with E-state index in [1.54, 1.807) is 12.1 Å². The lowest BCUT2D eigenvalue weighted by Gasteiger charge is -2.31. The minimum Gasteiger partial charge on any atom is -0.353 e. The van der Waals surface area contributed by atoms with Crippen molar-refractivity contribution in [3.05, 3.63) is 35.6 Å². The average molecular weight is 274 g/mol. The van der Waals surface area contributed by atoms with Crippen LogP contribution in [0.5, 0.6) is 0 Å². The molecule has 4 nitrogen and oxygen atoms in total. The van der Waals surface area contributed by atoms with Crippen molar-refractivity contribution in [1.29, 1.82) is 0 Å². The van der Waals surface area contributed by atoms with Gasteiger partial charge < -0.3 is 10.6 Å². The van der Waals surface area contributed by atoms with Crippen LogP contribution in [-0.4, -0.2) is 29.3 Å². The Morgan fingerprint density at radius 1 is 1.40 bits per heavy atom. The predicted molar refractivity (Wildman–Crippen MR) is 78.1 cm³/mol. The van der Waals surface area contributed by atoms with E-state index in [4.69, 9.17) is 5.73 Å². The van der Waals surface area contributed by atoms with E-state index in [1.807, 2.05) is 13.0 Å². The number of halogens is 1. The van der Waals surface area contributed by atoms with Gasteiger partial charge in [0.05, 0.1) is 5.69 Å². The van der Waals surface area contributed by atoms with Gasteiger partial charge in [0, 0.05) is 30.3 Å². The van der Waals surface area contributed by atoms with Gasteiger partial charge in [0.25, 0.3) is 0 Å². The molecule has 1 aromatic carbocycles. The Bertz CT molecular complexity index is 608.